The number of hydrogen-bond acceptors (Lipinski definition) is 3. The predicted octanol–water partition coefficient (Wildman–Crippen LogP) is 1.16. The van der Waals surface area contributed by atoms with Gasteiger partial charge < -0.3 is 20.1 Å². The average Bonchev–Trinajstić information content (AvgIpc) is 2.36. The molecule has 0 aromatic carbocycles. The van der Waals surface area contributed by atoms with Gasteiger partial charge in [0, 0.05) is 26.8 Å². The Labute approximate surface area is 114 Å². The number of carboxylic acids is 1. The summed E-state index contributed by atoms with van der Waals surface area (Å²) in [6, 6.07) is -1.11. The Balaban J connectivity index is 2.44. The molecule has 0 aliphatic carbocycles. The van der Waals surface area contributed by atoms with Crippen molar-refractivity contribution in [2.24, 2.45) is 11.8 Å². The number of amides is 2. The highest BCUT2D eigenvalue weighted by atomic mass is 16.5. The van der Waals surface area contributed by atoms with Crippen LogP contribution in [0.1, 0.15) is 26.7 Å². The van der Waals surface area contributed by atoms with Gasteiger partial charge >= 0.3 is 12.0 Å². The summed E-state index contributed by atoms with van der Waals surface area (Å²) in [5, 5.41) is 11.6. The summed E-state index contributed by atoms with van der Waals surface area (Å²) in [5.41, 5.74) is 0. The van der Waals surface area contributed by atoms with Gasteiger partial charge in [0.2, 0.25) is 0 Å². The van der Waals surface area contributed by atoms with E-state index >= 15 is 0 Å². The Kier molecular flexibility index (Phi) is 6.08. The van der Waals surface area contributed by atoms with Crippen molar-refractivity contribution in [1.82, 2.24) is 10.2 Å². The quantitative estimate of drug-likeness (QED) is 0.787. The Morgan fingerprint density at radius 3 is 2.37 bits per heavy atom. The Hall–Kier alpha value is -1.30. The molecule has 2 N–H and O–H groups in total. The third-order valence-electron chi connectivity index (χ3n) is 3.52. The second kappa shape index (κ2) is 7.33. The third-order valence-corrected chi connectivity index (χ3v) is 3.52. The smallest absolute Gasteiger partial charge is 0.326 e. The first-order valence-corrected chi connectivity index (χ1v) is 6.72. The summed E-state index contributed by atoms with van der Waals surface area (Å²) >= 11 is 0. The number of carbonyl (C=O) groups is 2. The van der Waals surface area contributed by atoms with Crippen LogP contribution < -0.4 is 5.32 Å². The maximum atomic E-state index is 12.0. The highest BCUT2D eigenvalue weighted by Gasteiger charge is 2.28. The first-order chi connectivity index (χ1) is 8.95. The van der Waals surface area contributed by atoms with Crippen molar-refractivity contribution in [3.8, 4) is 0 Å². The molecule has 0 unspecified atom stereocenters. The van der Waals surface area contributed by atoms with Crippen LogP contribution in [-0.4, -0.2) is 54.9 Å². The molecule has 1 heterocycles. The molecule has 19 heavy (non-hydrogen) atoms. The van der Waals surface area contributed by atoms with Crippen molar-refractivity contribution in [1.29, 1.82) is 0 Å². The zero-order valence-corrected chi connectivity index (χ0v) is 11.9. The van der Waals surface area contributed by atoms with Gasteiger partial charge in [0.05, 0.1) is 0 Å². The largest absolute Gasteiger partial charge is 0.480 e. The van der Waals surface area contributed by atoms with Gasteiger partial charge in [-0.05, 0) is 24.7 Å². The molecule has 1 saturated heterocycles. The van der Waals surface area contributed by atoms with Gasteiger partial charge in [-0.25, -0.2) is 9.59 Å². The van der Waals surface area contributed by atoms with E-state index < -0.39 is 12.0 Å². The van der Waals surface area contributed by atoms with Gasteiger partial charge in [-0.15, -0.1) is 0 Å². The molecule has 0 saturated carbocycles. The molecule has 6 nitrogen and oxygen atoms in total. The molecule has 110 valence electrons. The van der Waals surface area contributed by atoms with Crippen LogP contribution in [0.5, 0.6) is 0 Å². The molecule has 1 aliphatic heterocycles. The number of hydrogen-bond donors (Lipinski definition) is 2. The number of carboxylic acid groups (broad SMARTS) is 1. The van der Waals surface area contributed by atoms with E-state index in [1.54, 1.807) is 25.9 Å². The minimum absolute atomic E-state index is 0.132. The molecule has 1 fully saturated rings. The number of rotatable bonds is 5. The van der Waals surface area contributed by atoms with Crippen LogP contribution in [0.25, 0.3) is 0 Å². The molecular formula is C13H24N2O4. The summed E-state index contributed by atoms with van der Waals surface area (Å²) in [6.45, 7) is 5.60. The van der Waals surface area contributed by atoms with Crippen LogP contribution in [0, 0.1) is 11.8 Å². The summed E-state index contributed by atoms with van der Waals surface area (Å²) < 4.78 is 5.11. The van der Waals surface area contributed by atoms with Crippen LogP contribution >= 0.6 is 0 Å². The van der Waals surface area contributed by atoms with Crippen LogP contribution in [0.4, 0.5) is 4.79 Å². The Morgan fingerprint density at radius 2 is 1.95 bits per heavy atom. The Bertz CT molecular complexity index is 312. The number of nitrogens with zero attached hydrogens (tertiary/aromatic N) is 1. The van der Waals surface area contributed by atoms with E-state index in [1.165, 1.54) is 0 Å². The van der Waals surface area contributed by atoms with E-state index in [4.69, 9.17) is 9.84 Å². The zero-order chi connectivity index (χ0) is 14.4. The molecule has 2 amide bonds. The molecule has 0 spiro atoms. The van der Waals surface area contributed by atoms with Crippen molar-refractivity contribution >= 4 is 12.0 Å². The minimum atomic E-state index is -0.988. The van der Waals surface area contributed by atoms with Gasteiger partial charge in [0.1, 0.15) is 6.04 Å². The molecule has 0 bridgehead atoms. The fraction of sp³-hybridized carbons (Fsp3) is 0.846. The molecule has 1 rings (SSSR count). The lowest BCUT2D eigenvalue weighted by Gasteiger charge is -2.32. The summed E-state index contributed by atoms with van der Waals surface area (Å²) in [6.07, 6.45) is 1.81. The van der Waals surface area contributed by atoms with Gasteiger partial charge in [0.25, 0.3) is 0 Å². The lowest BCUT2D eigenvalue weighted by atomic mass is 9.98. The summed E-state index contributed by atoms with van der Waals surface area (Å²) in [7, 11) is 1.68. The summed E-state index contributed by atoms with van der Waals surface area (Å²) in [4.78, 5) is 24.7. The molecule has 1 atom stereocenters. The van der Waals surface area contributed by atoms with E-state index in [1.807, 2.05) is 0 Å². The van der Waals surface area contributed by atoms with E-state index in [2.05, 4.69) is 5.32 Å². The monoisotopic (exact) mass is 272 g/mol. The molecule has 0 aromatic rings. The standard InChI is InChI=1S/C13H24N2O4/c1-9(2)11(12(16)17)14-13(18)15-6-4-10(5-7-15)8-19-3/h9-11H,4-8H2,1-3H3,(H,14,18)(H,16,17)/t11-/m0/s1. The number of piperidine rings is 1. The van der Waals surface area contributed by atoms with E-state index in [9.17, 15) is 9.59 Å². The maximum absolute atomic E-state index is 12.0. The highest BCUT2D eigenvalue weighted by molar-refractivity contribution is 5.82. The average molecular weight is 272 g/mol. The minimum Gasteiger partial charge on any atom is -0.480 e. The van der Waals surface area contributed by atoms with Crippen LogP contribution in [0.15, 0.2) is 0 Å². The van der Waals surface area contributed by atoms with E-state index in [0.717, 1.165) is 19.4 Å². The van der Waals surface area contributed by atoms with Gasteiger partial charge in [-0.1, -0.05) is 13.8 Å². The molecule has 0 radical (unpaired) electrons. The number of nitrogens with one attached hydrogen (secondary N) is 1. The van der Waals surface area contributed by atoms with Gasteiger partial charge in [-0.3, -0.25) is 0 Å². The van der Waals surface area contributed by atoms with Crippen LogP contribution in [0.2, 0.25) is 0 Å². The first-order valence-electron chi connectivity index (χ1n) is 6.72. The van der Waals surface area contributed by atoms with E-state index in [-0.39, 0.29) is 11.9 Å². The van der Waals surface area contributed by atoms with Crippen molar-refractivity contribution in [3.63, 3.8) is 0 Å². The predicted molar refractivity (Wildman–Crippen MR) is 71.0 cm³/mol. The van der Waals surface area contributed by atoms with Crippen LogP contribution in [-0.2, 0) is 9.53 Å². The maximum Gasteiger partial charge on any atom is 0.326 e. The fourth-order valence-electron chi connectivity index (χ4n) is 2.28. The normalized spacial score (nSPS) is 18.4. The van der Waals surface area contributed by atoms with Crippen molar-refractivity contribution in [3.05, 3.63) is 0 Å². The number of aliphatic carboxylic acids is 1. The van der Waals surface area contributed by atoms with Gasteiger partial charge in [0.15, 0.2) is 0 Å². The van der Waals surface area contributed by atoms with E-state index in [0.29, 0.717) is 19.0 Å². The van der Waals surface area contributed by atoms with Gasteiger partial charge in [-0.2, -0.15) is 0 Å². The number of carbonyl (C=O) groups excluding carboxylic acids is 1. The molecule has 6 heteroatoms. The number of methoxy groups -OCH3 is 1. The molecular weight excluding hydrogens is 248 g/mol. The Morgan fingerprint density at radius 1 is 1.37 bits per heavy atom. The SMILES string of the molecule is COCC1CCN(C(=O)N[C@H](C(=O)O)C(C)C)CC1. The number of ether oxygens (including phenoxy) is 1. The fourth-order valence-corrected chi connectivity index (χ4v) is 2.28. The van der Waals surface area contributed by atoms with Crippen molar-refractivity contribution in [2.75, 3.05) is 26.8 Å². The first kappa shape index (κ1) is 15.8. The third kappa shape index (κ3) is 4.70. The molecule has 0 aromatic heterocycles. The number of urea groups is 1. The van der Waals surface area contributed by atoms with Crippen molar-refractivity contribution < 1.29 is 19.4 Å². The topological polar surface area (TPSA) is 78.9 Å². The zero-order valence-electron chi connectivity index (χ0n) is 11.9. The second-order valence-electron chi connectivity index (χ2n) is 5.40. The number of likely N-dealkylation sites (tertiary alicyclic amines) is 1. The second-order valence-corrected chi connectivity index (χ2v) is 5.40. The van der Waals surface area contributed by atoms with Crippen molar-refractivity contribution in [2.45, 2.75) is 32.7 Å². The van der Waals surface area contributed by atoms with Crippen LogP contribution in [0.3, 0.4) is 0 Å². The molecule has 1 aliphatic rings. The lowest BCUT2D eigenvalue weighted by Crippen LogP contribution is -2.52. The highest BCUT2D eigenvalue weighted by Crippen LogP contribution is 2.17. The summed E-state index contributed by atoms with van der Waals surface area (Å²) in [5.74, 6) is -0.625. The lowest BCUT2D eigenvalue weighted by molar-refractivity contribution is -0.140.